The van der Waals surface area contributed by atoms with Gasteiger partial charge in [-0.2, -0.15) is 0 Å². The smallest absolute Gasteiger partial charge is 0.348 e. The number of rotatable bonds is 4. The van der Waals surface area contributed by atoms with Crippen molar-refractivity contribution in [1.82, 2.24) is 15.0 Å². The highest BCUT2D eigenvalue weighted by Crippen LogP contribution is 2.36. The number of carbonyl (C=O) groups excluding carboxylic acids is 1. The van der Waals surface area contributed by atoms with Gasteiger partial charge in [-0.3, -0.25) is 0 Å². The van der Waals surface area contributed by atoms with E-state index < -0.39 is 0 Å². The number of piperazine rings is 1. The first-order chi connectivity index (χ1) is 13.5. The van der Waals surface area contributed by atoms with Crippen molar-refractivity contribution < 1.29 is 9.53 Å². The van der Waals surface area contributed by atoms with Gasteiger partial charge in [0.1, 0.15) is 21.9 Å². The molecule has 3 aromatic heterocycles. The number of fused-ring (bicyclic) bond motifs is 1. The van der Waals surface area contributed by atoms with Crippen molar-refractivity contribution in [3.05, 3.63) is 27.3 Å². The second-order valence-corrected chi connectivity index (χ2v) is 8.95. The van der Waals surface area contributed by atoms with E-state index in [0.717, 1.165) is 58.6 Å². The van der Waals surface area contributed by atoms with Crippen molar-refractivity contribution in [2.45, 2.75) is 27.7 Å². The van der Waals surface area contributed by atoms with Crippen LogP contribution in [-0.4, -0.2) is 53.7 Å². The summed E-state index contributed by atoms with van der Waals surface area (Å²) in [6, 6.07) is 0. The molecule has 0 saturated carbocycles. The first-order valence-corrected chi connectivity index (χ1v) is 11.0. The lowest BCUT2D eigenvalue weighted by Gasteiger charge is -2.35. The Labute approximate surface area is 172 Å². The molecule has 7 nitrogen and oxygen atoms in total. The van der Waals surface area contributed by atoms with Crippen LogP contribution in [0.4, 0.5) is 10.9 Å². The lowest BCUT2D eigenvalue weighted by molar-refractivity contribution is 0.0531. The Kier molecular flexibility index (Phi) is 5.20. The summed E-state index contributed by atoms with van der Waals surface area (Å²) in [6.45, 7) is 11.8. The molecule has 0 unspecified atom stereocenters. The Morgan fingerprint density at radius 1 is 1.11 bits per heavy atom. The van der Waals surface area contributed by atoms with Crippen molar-refractivity contribution in [3.8, 4) is 0 Å². The van der Waals surface area contributed by atoms with Gasteiger partial charge in [-0.25, -0.2) is 19.7 Å². The molecule has 1 aliphatic heterocycles. The number of esters is 1. The van der Waals surface area contributed by atoms with Crippen LogP contribution in [0.5, 0.6) is 0 Å². The molecule has 1 fully saturated rings. The van der Waals surface area contributed by atoms with Crippen molar-refractivity contribution in [1.29, 1.82) is 0 Å². The Balaban J connectivity index is 1.59. The fraction of sp³-hybridized carbons (Fsp3) is 0.474. The van der Waals surface area contributed by atoms with Gasteiger partial charge in [0.25, 0.3) is 0 Å². The van der Waals surface area contributed by atoms with Crippen LogP contribution in [0.15, 0.2) is 6.33 Å². The molecule has 0 atom stereocenters. The zero-order valence-corrected chi connectivity index (χ0v) is 18.1. The molecule has 0 bridgehead atoms. The Morgan fingerprint density at radius 2 is 1.82 bits per heavy atom. The van der Waals surface area contributed by atoms with Crippen LogP contribution in [0.3, 0.4) is 0 Å². The van der Waals surface area contributed by atoms with E-state index in [4.69, 9.17) is 4.74 Å². The van der Waals surface area contributed by atoms with E-state index in [2.05, 4.69) is 38.6 Å². The van der Waals surface area contributed by atoms with Gasteiger partial charge in [-0.1, -0.05) is 0 Å². The minimum absolute atomic E-state index is 0.284. The zero-order valence-electron chi connectivity index (χ0n) is 16.5. The number of hydrogen-bond donors (Lipinski definition) is 0. The monoisotopic (exact) mass is 417 g/mol. The maximum absolute atomic E-state index is 12.3. The normalized spacial score (nSPS) is 14.7. The number of anilines is 2. The molecule has 28 heavy (non-hydrogen) atoms. The van der Waals surface area contributed by atoms with Crippen LogP contribution in [0.1, 0.15) is 32.7 Å². The maximum atomic E-state index is 12.3. The molecule has 4 rings (SSSR count). The summed E-state index contributed by atoms with van der Waals surface area (Å²) in [6.07, 6.45) is 1.59. The number of aryl methyl sites for hydroxylation is 3. The van der Waals surface area contributed by atoms with E-state index in [1.807, 2.05) is 13.8 Å². The van der Waals surface area contributed by atoms with Gasteiger partial charge in [0.15, 0.2) is 5.13 Å². The molecule has 9 heteroatoms. The molecule has 0 aliphatic carbocycles. The standard InChI is InChI=1S/C19H23N5O2S2/c1-5-26-18(25)15-11(2)14-16(20-10-21-17(14)28-15)23-6-8-24(9-7-23)19-22-12(3)13(4)27-19/h10H,5-9H2,1-4H3. The maximum Gasteiger partial charge on any atom is 0.348 e. The minimum Gasteiger partial charge on any atom is -0.462 e. The SMILES string of the molecule is CCOC(=O)c1sc2ncnc(N3CCN(c4nc(C)c(C)s4)CC3)c2c1C. The number of hydrogen-bond acceptors (Lipinski definition) is 9. The molecule has 0 aromatic carbocycles. The summed E-state index contributed by atoms with van der Waals surface area (Å²) in [5, 5.41) is 2.06. The van der Waals surface area contributed by atoms with Crippen molar-refractivity contribution in [3.63, 3.8) is 0 Å². The second-order valence-electron chi connectivity index (χ2n) is 6.77. The Morgan fingerprint density at radius 3 is 2.46 bits per heavy atom. The summed E-state index contributed by atoms with van der Waals surface area (Å²) in [5.41, 5.74) is 2.02. The topological polar surface area (TPSA) is 71.5 Å². The Bertz CT molecular complexity index is 1000. The lowest BCUT2D eigenvalue weighted by atomic mass is 10.2. The number of ether oxygens (including phenoxy) is 1. The van der Waals surface area contributed by atoms with Gasteiger partial charge in [0.2, 0.25) is 0 Å². The predicted molar refractivity (Wildman–Crippen MR) is 114 cm³/mol. The third kappa shape index (κ3) is 3.33. The zero-order chi connectivity index (χ0) is 19.8. The number of nitrogens with zero attached hydrogens (tertiary/aromatic N) is 5. The summed E-state index contributed by atoms with van der Waals surface area (Å²) in [4.78, 5) is 33.2. The third-order valence-electron chi connectivity index (χ3n) is 5.03. The average Bonchev–Trinajstić information content (AvgIpc) is 3.22. The molecular formula is C19H23N5O2S2. The molecular weight excluding hydrogens is 394 g/mol. The predicted octanol–water partition coefficient (Wildman–Crippen LogP) is 3.58. The summed E-state index contributed by atoms with van der Waals surface area (Å²) in [5.74, 6) is 0.619. The van der Waals surface area contributed by atoms with Gasteiger partial charge in [-0.15, -0.1) is 22.7 Å². The second kappa shape index (κ2) is 7.63. The fourth-order valence-electron chi connectivity index (χ4n) is 3.38. The van der Waals surface area contributed by atoms with Gasteiger partial charge in [-0.05, 0) is 33.3 Å². The van der Waals surface area contributed by atoms with Gasteiger partial charge < -0.3 is 14.5 Å². The lowest BCUT2D eigenvalue weighted by Crippen LogP contribution is -2.46. The summed E-state index contributed by atoms with van der Waals surface area (Å²) < 4.78 is 5.20. The molecule has 1 saturated heterocycles. The molecule has 1 aliphatic rings. The van der Waals surface area contributed by atoms with E-state index >= 15 is 0 Å². The molecule has 148 valence electrons. The number of thiazole rings is 1. The van der Waals surface area contributed by atoms with Crippen LogP contribution in [0, 0.1) is 20.8 Å². The highest BCUT2D eigenvalue weighted by atomic mass is 32.1. The quantitative estimate of drug-likeness (QED) is 0.601. The molecule has 0 radical (unpaired) electrons. The van der Waals surface area contributed by atoms with E-state index in [0.29, 0.717) is 11.5 Å². The van der Waals surface area contributed by atoms with Gasteiger partial charge in [0.05, 0.1) is 17.7 Å². The van der Waals surface area contributed by atoms with Crippen molar-refractivity contribution in [2.75, 3.05) is 42.6 Å². The Hall–Kier alpha value is -2.26. The number of thiophene rings is 1. The summed E-state index contributed by atoms with van der Waals surface area (Å²) >= 11 is 3.14. The molecule has 3 aromatic rings. The first kappa shape index (κ1) is 19.1. The highest BCUT2D eigenvalue weighted by molar-refractivity contribution is 7.20. The van der Waals surface area contributed by atoms with Crippen LogP contribution >= 0.6 is 22.7 Å². The van der Waals surface area contributed by atoms with E-state index in [1.165, 1.54) is 16.2 Å². The van der Waals surface area contributed by atoms with Crippen LogP contribution in [0.25, 0.3) is 10.2 Å². The van der Waals surface area contributed by atoms with E-state index in [-0.39, 0.29) is 5.97 Å². The van der Waals surface area contributed by atoms with Crippen LogP contribution in [0.2, 0.25) is 0 Å². The van der Waals surface area contributed by atoms with Gasteiger partial charge in [0, 0.05) is 31.1 Å². The van der Waals surface area contributed by atoms with Crippen molar-refractivity contribution in [2.24, 2.45) is 0 Å². The van der Waals surface area contributed by atoms with Crippen molar-refractivity contribution >= 4 is 49.8 Å². The van der Waals surface area contributed by atoms with E-state index in [9.17, 15) is 4.79 Å². The molecule has 0 N–H and O–H groups in total. The molecule has 0 spiro atoms. The molecule has 4 heterocycles. The molecule has 0 amide bonds. The van der Waals surface area contributed by atoms with Gasteiger partial charge >= 0.3 is 5.97 Å². The number of aromatic nitrogens is 3. The summed E-state index contributed by atoms with van der Waals surface area (Å²) in [7, 11) is 0. The largest absolute Gasteiger partial charge is 0.462 e. The average molecular weight is 418 g/mol. The minimum atomic E-state index is -0.284. The van der Waals surface area contributed by atoms with Crippen LogP contribution in [-0.2, 0) is 4.74 Å². The van der Waals surface area contributed by atoms with E-state index in [1.54, 1.807) is 17.7 Å². The van der Waals surface area contributed by atoms with Crippen LogP contribution < -0.4 is 9.80 Å². The first-order valence-electron chi connectivity index (χ1n) is 9.34. The fourth-order valence-corrected chi connectivity index (χ4v) is 5.38. The number of carbonyl (C=O) groups is 1. The third-order valence-corrected chi connectivity index (χ3v) is 7.35. The highest BCUT2D eigenvalue weighted by Gasteiger charge is 2.26.